The van der Waals surface area contributed by atoms with E-state index in [1.54, 1.807) is 0 Å². The lowest BCUT2D eigenvalue weighted by Crippen LogP contribution is -1.98. The third-order valence-corrected chi connectivity index (χ3v) is 4.65. The third kappa shape index (κ3) is 2.49. The molecule has 0 fully saturated rings. The molecule has 0 bridgehead atoms. The standard InChI is InChI=1S/C17H18BrN3/c1-3-21-16-7-5-12(10-19)8-15(16)20-17(21)13-6-4-11(2)14(18)9-13/h4-9H,3,10,19H2,1-2H3. The Hall–Kier alpha value is -1.65. The maximum Gasteiger partial charge on any atom is 0.141 e. The molecule has 0 radical (unpaired) electrons. The summed E-state index contributed by atoms with van der Waals surface area (Å²) in [6.45, 7) is 5.66. The van der Waals surface area contributed by atoms with Crippen molar-refractivity contribution in [2.24, 2.45) is 5.73 Å². The number of nitrogens with zero attached hydrogens (tertiary/aromatic N) is 2. The van der Waals surface area contributed by atoms with Gasteiger partial charge in [0.25, 0.3) is 0 Å². The molecule has 0 atom stereocenters. The van der Waals surface area contributed by atoms with E-state index < -0.39 is 0 Å². The number of fused-ring (bicyclic) bond motifs is 1. The highest BCUT2D eigenvalue weighted by Gasteiger charge is 2.12. The average Bonchev–Trinajstić information content (AvgIpc) is 2.87. The Labute approximate surface area is 132 Å². The molecule has 2 N–H and O–H groups in total. The summed E-state index contributed by atoms with van der Waals surface area (Å²) in [7, 11) is 0. The molecule has 0 amide bonds. The molecular weight excluding hydrogens is 326 g/mol. The summed E-state index contributed by atoms with van der Waals surface area (Å²) in [6.07, 6.45) is 0. The maximum absolute atomic E-state index is 5.73. The number of benzene rings is 2. The normalized spacial score (nSPS) is 11.2. The number of halogens is 1. The van der Waals surface area contributed by atoms with Crippen LogP contribution in [0.15, 0.2) is 40.9 Å². The van der Waals surface area contributed by atoms with Crippen LogP contribution in [0.2, 0.25) is 0 Å². The summed E-state index contributed by atoms with van der Waals surface area (Å²) in [5.41, 5.74) is 11.3. The van der Waals surface area contributed by atoms with Crippen LogP contribution in [0.1, 0.15) is 18.1 Å². The summed E-state index contributed by atoms with van der Waals surface area (Å²) >= 11 is 3.60. The Morgan fingerprint density at radius 2 is 2.00 bits per heavy atom. The van der Waals surface area contributed by atoms with E-state index in [2.05, 4.69) is 70.7 Å². The zero-order valence-corrected chi connectivity index (χ0v) is 13.8. The highest BCUT2D eigenvalue weighted by Crippen LogP contribution is 2.28. The van der Waals surface area contributed by atoms with E-state index in [0.29, 0.717) is 6.54 Å². The molecule has 21 heavy (non-hydrogen) atoms. The van der Waals surface area contributed by atoms with E-state index in [1.165, 1.54) is 5.56 Å². The van der Waals surface area contributed by atoms with Gasteiger partial charge in [0.1, 0.15) is 5.82 Å². The number of hydrogen-bond donors (Lipinski definition) is 1. The van der Waals surface area contributed by atoms with Crippen molar-refractivity contribution in [2.45, 2.75) is 26.9 Å². The fourth-order valence-electron chi connectivity index (χ4n) is 2.57. The van der Waals surface area contributed by atoms with Crippen molar-refractivity contribution in [1.29, 1.82) is 0 Å². The van der Waals surface area contributed by atoms with Gasteiger partial charge in [-0.3, -0.25) is 0 Å². The van der Waals surface area contributed by atoms with Crippen LogP contribution in [-0.4, -0.2) is 9.55 Å². The first-order chi connectivity index (χ1) is 10.1. The van der Waals surface area contributed by atoms with Crippen LogP contribution in [-0.2, 0) is 13.1 Å². The zero-order valence-electron chi connectivity index (χ0n) is 12.2. The van der Waals surface area contributed by atoms with E-state index in [0.717, 1.165) is 39.0 Å². The topological polar surface area (TPSA) is 43.8 Å². The molecular formula is C17H18BrN3. The number of aromatic nitrogens is 2. The van der Waals surface area contributed by atoms with Gasteiger partial charge >= 0.3 is 0 Å². The summed E-state index contributed by atoms with van der Waals surface area (Å²) in [6, 6.07) is 12.6. The summed E-state index contributed by atoms with van der Waals surface area (Å²) in [4.78, 5) is 4.82. The first kappa shape index (κ1) is 14.3. The lowest BCUT2D eigenvalue weighted by atomic mass is 10.1. The van der Waals surface area contributed by atoms with Crippen molar-refractivity contribution < 1.29 is 0 Å². The number of imidazole rings is 1. The number of nitrogens with two attached hydrogens (primary N) is 1. The Morgan fingerprint density at radius 3 is 2.67 bits per heavy atom. The zero-order chi connectivity index (χ0) is 15.0. The minimum absolute atomic E-state index is 0.542. The van der Waals surface area contributed by atoms with Gasteiger partial charge in [-0.15, -0.1) is 0 Å². The van der Waals surface area contributed by atoms with E-state index >= 15 is 0 Å². The van der Waals surface area contributed by atoms with Gasteiger partial charge in [-0.25, -0.2) is 4.98 Å². The van der Waals surface area contributed by atoms with Crippen molar-refractivity contribution in [3.63, 3.8) is 0 Å². The number of aryl methyl sites for hydroxylation is 2. The van der Waals surface area contributed by atoms with Crippen molar-refractivity contribution in [3.05, 3.63) is 52.0 Å². The molecule has 1 aromatic heterocycles. The number of hydrogen-bond acceptors (Lipinski definition) is 2. The molecule has 0 aliphatic rings. The highest BCUT2D eigenvalue weighted by molar-refractivity contribution is 9.10. The monoisotopic (exact) mass is 343 g/mol. The average molecular weight is 344 g/mol. The quantitative estimate of drug-likeness (QED) is 0.772. The largest absolute Gasteiger partial charge is 0.326 e. The molecule has 0 spiro atoms. The van der Waals surface area contributed by atoms with Crippen LogP contribution in [0.25, 0.3) is 22.4 Å². The van der Waals surface area contributed by atoms with E-state index in [-0.39, 0.29) is 0 Å². The van der Waals surface area contributed by atoms with Gasteiger partial charge in [0, 0.05) is 23.1 Å². The number of rotatable bonds is 3. The van der Waals surface area contributed by atoms with Gasteiger partial charge < -0.3 is 10.3 Å². The lowest BCUT2D eigenvalue weighted by Gasteiger charge is -2.07. The van der Waals surface area contributed by atoms with Crippen molar-refractivity contribution in [3.8, 4) is 11.4 Å². The van der Waals surface area contributed by atoms with Gasteiger partial charge in [-0.05, 0) is 43.2 Å². The Bertz CT molecular complexity index is 805. The molecule has 3 aromatic rings. The second-order valence-electron chi connectivity index (χ2n) is 5.17. The SMILES string of the molecule is CCn1c(-c2ccc(C)c(Br)c2)nc2cc(CN)ccc21. The van der Waals surface area contributed by atoms with Gasteiger partial charge in [0.05, 0.1) is 11.0 Å². The molecule has 2 aromatic carbocycles. The van der Waals surface area contributed by atoms with Crippen LogP contribution in [0, 0.1) is 6.92 Å². The molecule has 0 saturated carbocycles. The molecule has 3 rings (SSSR count). The van der Waals surface area contributed by atoms with Gasteiger partial charge in [0.15, 0.2) is 0 Å². The Kier molecular flexibility index (Phi) is 3.83. The van der Waals surface area contributed by atoms with E-state index in [1.807, 2.05) is 0 Å². The molecule has 108 valence electrons. The third-order valence-electron chi connectivity index (χ3n) is 3.79. The molecule has 0 saturated heterocycles. The van der Waals surface area contributed by atoms with Gasteiger partial charge in [0.2, 0.25) is 0 Å². The first-order valence-corrected chi connectivity index (χ1v) is 7.89. The minimum atomic E-state index is 0.542. The fourth-order valence-corrected chi connectivity index (χ4v) is 2.95. The van der Waals surface area contributed by atoms with E-state index in [4.69, 9.17) is 10.7 Å². The van der Waals surface area contributed by atoms with Crippen LogP contribution in [0.3, 0.4) is 0 Å². The minimum Gasteiger partial charge on any atom is -0.326 e. The summed E-state index contributed by atoms with van der Waals surface area (Å²) < 4.78 is 3.35. The van der Waals surface area contributed by atoms with Crippen molar-refractivity contribution >= 4 is 27.0 Å². The van der Waals surface area contributed by atoms with Crippen LogP contribution >= 0.6 is 15.9 Å². The lowest BCUT2D eigenvalue weighted by molar-refractivity contribution is 0.796. The van der Waals surface area contributed by atoms with Gasteiger partial charge in [-0.1, -0.05) is 34.1 Å². The summed E-state index contributed by atoms with van der Waals surface area (Å²) in [5.74, 6) is 1.00. The fraction of sp³-hybridized carbons (Fsp3) is 0.235. The predicted octanol–water partition coefficient (Wildman–Crippen LogP) is 4.25. The van der Waals surface area contributed by atoms with Crippen molar-refractivity contribution in [2.75, 3.05) is 0 Å². The van der Waals surface area contributed by atoms with E-state index in [9.17, 15) is 0 Å². The van der Waals surface area contributed by atoms with Crippen LogP contribution in [0.4, 0.5) is 0 Å². The predicted molar refractivity (Wildman–Crippen MR) is 91.2 cm³/mol. The smallest absolute Gasteiger partial charge is 0.141 e. The maximum atomic E-state index is 5.73. The molecule has 0 aliphatic heterocycles. The molecule has 4 heteroatoms. The second-order valence-corrected chi connectivity index (χ2v) is 6.03. The highest BCUT2D eigenvalue weighted by atomic mass is 79.9. The first-order valence-electron chi connectivity index (χ1n) is 7.09. The van der Waals surface area contributed by atoms with Crippen LogP contribution in [0.5, 0.6) is 0 Å². The summed E-state index contributed by atoms with van der Waals surface area (Å²) in [5, 5.41) is 0. The van der Waals surface area contributed by atoms with Crippen LogP contribution < -0.4 is 5.73 Å². The molecule has 0 unspecified atom stereocenters. The molecule has 3 nitrogen and oxygen atoms in total. The van der Waals surface area contributed by atoms with Gasteiger partial charge in [-0.2, -0.15) is 0 Å². The van der Waals surface area contributed by atoms with Crippen molar-refractivity contribution in [1.82, 2.24) is 9.55 Å². The molecule has 1 heterocycles. The Morgan fingerprint density at radius 1 is 1.19 bits per heavy atom. The second kappa shape index (κ2) is 5.62. The molecule has 0 aliphatic carbocycles. The Balaban J connectivity index is 2.23.